The molecule has 13 nitrogen and oxygen atoms in total. The Kier molecular flexibility index (Phi) is 9.15. The number of oxime groups is 1. The van der Waals surface area contributed by atoms with E-state index in [1.165, 1.54) is 52.3 Å². The number of rotatable bonds is 10. The first-order valence-corrected chi connectivity index (χ1v) is 15.0. The van der Waals surface area contributed by atoms with Crippen LogP contribution in [0.2, 0.25) is 0 Å². The second-order valence-corrected chi connectivity index (χ2v) is 12.9. The molecule has 1 fully saturated rings. The average Bonchev–Trinajstić information content (AvgIpc) is 3.51. The monoisotopic (exact) mass is 637 g/mol. The van der Waals surface area contributed by atoms with Crippen LogP contribution in [0.3, 0.4) is 0 Å². The van der Waals surface area contributed by atoms with E-state index >= 15 is 0 Å². The van der Waals surface area contributed by atoms with E-state index in [9.17, 15) is 24.3 Å². The zero-order chi connectivity index (χ0) is 27.6. The summed E-state index contributed by atoms with van der Waals surface area (Å²) >= 11 is 16.1. The molecular formula is C19H17Cl2N7O6S4. The molecule has 2 aliphatic heterocycles. The normalized spacial score (nSPS) is 19.2. The first-order chi connectivity index (χ1) is 18.1. The van der Waals surface area contributed by atoms with Gasteiger partial charge in [0.1, 0.15) is 34.9 Å². The van der Waals surface area contributed by atoms with Gasteiger partial charge in [0.05, 0.1) is 0 Å². The van der Waals surface area contributed by atoms with Crippen molar-refractivity contribution < 1.29 is 29.1 Å². The Morgan fingerprint density at radius 3 is 2.76 bits per heavy atom. The third-order valence-corrected chi connectivity index (χ3v) is 9.54. The van der Waals surface area contributed by atoms with Crippen molar-refractivity contribution in [1.82, 2.24) is 25.4 Å². The number of carboxylic acids is 1. The van der Waals surface area contributed by atoms with Crippen LogP contribution in [0.15, 0.2) is 26.1 Å². The van der Waals surface area contributed by atoms with Crippen LogP contribution in [0.4, 0.5) is 5.13 Å². The quantitative estimate of drug-likeness (QED) is 0.114. The number of fused-ring (bicyclic) bond motifs is 1. The van der Waals surface area contributed by atoms with E-state index in [-0.39, 0.29) is 22.2 Å². The molecule has 202 valence electrons. The minimum atomic E-state index is -1.31. The number of nitrogens with zero attached hydrogens (tertiary/aromatic N) is 5. The maximum absolute atomic E-state index is 13.0. The number of halogens is 2. The van der Waals surface area contributed by atoms with Gasteiger partial charge in [-0.1, -0.05) is 51.5 Å². The number of hydrogen-bond acceptors (Lipinski definition) is 13. The highest BCUT2D eigenvalue weighted by Gasteiger charge is 2.54. The number of aliphatic carboxylic acids is 1. The molecule has 0 bridgehead atoms. The van der Waals surface area contributed by atoms with E-state index in [1.807, 2.05) is 6.92 Å². The van der Waals surface area contributed by atoms with E-state index < -0.39 is 39.9 Å². The molecule has 0 aliphatic carbocycles. The van der Waals surface area contributed by atoms with Crippen LogP contribution in [-0.4, -0.2) is 89.5 Å². The molecule has 0 aromatic carbocycles. The average molecular weight is 639 g/mol. The SMILES string of the molecule is CON=C(C(=O)N[C@@H]1C(=O)N2C(C(=O)O)=C(CSc3nnc(C)s3)CS[C@@H]12)c1csc(NC(=O)C(Cl)Cl)n1. The number of thioether (sulfide) groups is 2. The van der Waals surface area contributed by atoms with Crippen LogP contribution in [0.1, 0.15) is 10.7 Å². The summed E-state index contributed by atoms with van der Waals surface area (Å²) in [6, 6.07) is -0.991. The Hall–Kier alpha value is -2.44. The lowest BCUT2D eigenvalue weighted by Crippen LogP contribution is -2.71. The predicted molar refractivity (Wildman–Crippen MR) is 145 cm³/mol. The van der Waals surface area contributed by atoms with Gasteiger partial charge >= 0.3 is 5.97 Å². The van der Waals surface area contributed by atoms with Crippen molar-refractivity contribution in [3.63, 3.8) is 0 Å². The zero-order valence-electron chi connectivity index (χ0n) is 19.3. The van der Waals surface area contributed by atoms with Crippen molar-refractivity contribution in [3.8, 4) is 0 Å². The Balaban J connectivity index is 1.46. The van der Waals surface area contributed by atoms with Gasteiger partial charge in [-0.05, 0) is 12.5 Å². The fraction of sp³-hybridized carbons (Fsp3) is 0.368. The van der Waals surface area contributed by atoms with Gasteiger partial charge in [-0.2, -0.15) is 0 Å². The molecule has 2 atom stereocenters. The maximum atomic E-state index is 13.0. The molecule has 4 rings (SSSR count). The van der Waals surface area contributed by atoms with Crippen LogP contribution < -0.4 is 10.6 Å². The van der Waals surface area contributed by atoms with E-state index in [4.69, 9.17) is 28.0 Å². The summed E-state index contributed by atoms with van der Waals surface area (Å²) in [7, 11) is 1.23. The smallest absolute Gasteiger partial charge is 0.352 e. The van der Waals surface area contributed by atoms with Crippen molar-refractivity contribution in [2.75, 3.05) is 23.9 Å². The van der Waals surface area contributed by atoms with Crippen LogP contribution in [0.5, 0.6) is 0 Å². The number of β-lactam (4-membered cyclic amide) rings is 1. The van der Waals surface area contributed by atoms with E-state index in [0.717, 1.165) is 16.3 Å². The third-order valence-electron chi connectivity index (χ3n) is 4.99. The lowest BCUT2D eigenvalue weighted by atomic mass is 10.0. The van der Waals surface area contributed by atoms with Gasteiger partial charge in [-0.3, -0.25) is 24.6 Å². The van der Waals surface area contributed by atoms with Crippen LogP contribution in [0, 0.1) is 6.92 Å². The molecule has 0 spiro atoms. The number of carbonyl (C=O) groups is 4. The Morgan fingerprint density at radius 1 is 1.37 bits per heavy atom. The minimum Gasteiger partial charge on any atom is -0.477 e. The molecule has 3 amide bonds. The van der Waals surface area contributed by atoms with Crippen LogP contribution in [-0.2, 0) is 24.0 Å². The summed E-state index contributed by atoms with van der Waals surface area (Å²) in [5.74, 6) is -2.58. The number of aryl methyl sites for hydroxylation is 1. The highest BCUT2D eigenvalue weighted by atomic mass is 35.5. The van der Waals surface area contributed by atoms with E-state index in [2.05, 4.69) is 31.0 Å². The number of carbonyl (C=O) groups excluding carboxylic acids is 3. The molecule has 3 N–H and O–H groups in total. The summed E-state index contributed by atoms with van der Waals surface area (Å²) in [5.41, 5.74) is 0.302. The van der Waals surface area contributed by atoms with Gasteiger partial charge in [0.2, 0.25) is 0 Å². The second kappa shape index (κ2) is 12.2. The summed E-state index contributed by atoms with van der Waals surface area (Å²) in [6.45, 7) is 1.82. The molecule has 4 heterocycles. The van der Waals surface area contributed by atoms with Crippen molar-refractivity contribution >= 4 is 104 Å². The molecular weight excluding hydrogens is 621 g/mol. The standard InChI is InChI=1S/C19H17Cl2N7O6S4/c1-6-25-26-19(38-6)37-4-7-3-35-16-10(15(31)28(16)11(7)17(32)33)23-13(29)9(27-34-2)8-5-36-18(22-8)24-14(30)12(20)21/h5,10,12,16H,3-4H2,1-2H3,(H,23,29)(H,32,33)(H,22,24,30)/t10-,16+/m1/s1. The highest BCUT2D eigenvalue weighted by Crippen LogP contribution is 2.41. The Labute approximate surface area is 241 Å². The first-order valence-electron chi connectivity index (χ1n) is 10.4. The number of aromatic nitrogens is 3. The second-order valence-electron chi connectivity index (χ2n) is 7.44. The molecule has 0 radical (unpaired) electrons. The number of nitrogens with one attached hydrogen (secondary N) is 2. The molecule has 2 aromatic heterocycles. The lowest BCUT2D eigenvalue weighted by Gasteiger charge is -2.49. The summed E-state index contributed by atoms with van der Waals surface area (Å²) in [6.07, 6.45) is 0. The highest BCUT2D eigenvalue weighted by molar-refractivity contribution is 8.01. The molecule has 38 heavy (non-hydrogen) atoms. The van der Waals surface area contributed by atoms with Gasteiger partial charge in [0.15, 0.2) is 20.0 Å². The minimum absolute atomic E-state index is 0.0719. The summed E-state index contributed by atoms with van der Waals surface area (Å²) < 4.78 is 0.701. The largest absolute Gasteiger partial charge is 0.477 e. The lowest BCUT2D eigenvalue weighted by molar-refractivity contribution is -0.150. The molecule has 0 unspecified atom stereocenters. The third kappa shape index (κ3) is 6.07. The van der Waals surface area contributed by atoms with Crippen molar-refractivity contribution in [3.05, 3.63) is 27.4 Å². The molecule has 0 saturated carbocycles. The molecule has 1 saturated heterocycles. The molecule has 19 heteroatoms. The maximum Gasteiger partial charge on any atom is 0.352 e. The van der Waals surface area contributed by atoms with Gasteiger partial charge in [-0.15, -0.1) is 33.3 Å². The summed E-state index contributed by atoms with van der Waals surface area (Å²) in [5, 5.41) is 28.3. The fourth-order valence-electron chi connectivity index (χ4n) is 3.39. The van der Waals surface area contributed by atoms with Gasteiger partial charge in [0, 0.05) is 16.9 Å². The van der Waals surface area contributed by atoms with Crippen LogP contribution >= 0.6 is 69.4 Å². The molecule has 2 aromatic rings. The number of hydrogen-bond donors (Lipinski definition) is 3. The number of alkyl halides is 2. The van der Waals surface area contributed by atoms with Crippen molar-refractivity contribution in [2.45, 2.75) is 27.5 Å². The van der Waals surface area contributed by atoms with E-state index in [0.29, 0.717) is 21.4 Å². The first kappa shape index (κ1) is 28.6. The topological polar surface area (TPSA) is 176 Å². The van der Waals surface area contributed by atoms with Crippen LogP contribution in [0.25, 0.3) is 0 Å². The van der Waals surface area contributed by atoms with Gasteiger partial charge in [-0.25, -0.2) is 9.78 Å². The Bertz CT molecular complexity index is 1350. The number of thiazole rings is 1. The van der Waals surface area contributed by atoms with Gasteiger partial charge in [0.25, 0.3) is 17.7 Å². The zero-order valence-corrected chi connectivity index (χ0v) is 24.1. The Morgan fingerprint density at radius 2 is 2.13 bits per heavy atom. The molecule has 2 aliphatic rings. The number of carboxylic acid groups (broad SMARTS) is 1. The van der Waals surface area contributed by atoms with Crippen molar-refractivity contribution in [2.24, 2.45) is 5.16 Å². The summed E-state index contributed by atoms with van der Waals surface area (Å²) in [4.78, 5) is 58.5. The van der Waals surface area contributed by atoms with E-state index in [1.54, 1.807) is 0 Å². The fourth-order valence-corrected chi connectivity index (χ4v) is 7.49. The number of amides is 3. The van der Waals surface area contributed by atoms with Gasteiger partial charge < -0.3 is 15.3 Å². The predicted octanol–water partition coefficient (Wildman–Crippen LogP) is 1.93. The number of anilines is 1. The van der Waals surface area contributed by atoms with Crippen molar-refractivity contribution in [1.29, 1.82) is 0 Å².